The summed E-state index contributed by atoms with van der Waals surface area (Å²) in [6.45, 7) is 11.3. The van der Waals surface area contributed by atoms with Gasteiger partial charge in [0, 0.05) is 44.5 Å². The SMILES string of the molecule is CCCNC(C)CN1CCN(c2ccc(OC)cc2)CC1. The van der Waals surface area contributed by atoms with Crippen LogP contribution in [0.4, 0.5) is 5.69 Å². The van der Waals surface area contributed by atoms with Crippen molar-refractivity contribution in [1.29, 1.82) is 0 Å². The normalized spacial score (nSPS) is 17.8. The van der Waals surface area contributed by atoms with Crippen molar-refractivity contribution in [2.45, 2.75) is 26.3 Å². The quantitative estimate of drug-likeness (QED) is 0.833. The minimum absolute atomic E-state index is 0.581. The van der Waals surface area contributed by atoms with E-state index in [9.17, 15) is 0 Å². The Labute approximate surface area is 129 Å². The number of nitrogens with one attached hydrogen (secondary N) is 1. The molecular weight excluding hydrogens is 262 g/mol. The van der Waals surface area contributed by atoms with Crippen LogP contribution in [0.3, 0.4) is 0 Å². The summed E-state index contributed by atoms with van der Waals surface area (Å²) < 4.78 is 5.22. The highest BCUT2D eigenvalue weighted by Crippen LogP contribution is 2.20. The Kier molecular flexibility index (Phi) is 6.33. The zero-order valence-corrected chi connectivity index (χ0v) is 13.6. The van der Waals surface area contributed by atoms with Crippen molar-refractivity contribution in [3.8, 4) is 5.75 Å². The van der Waals surface area contributed by atoms with Crippen LogP contribution in [-0.4, -0.2) is 57.3 Å². The molecule has 1 unspecified atom stereocenters. The van der Waals surface area contributed by atoms with Crippen molar-refractivity contribution in [2.75, 3.05) is 51.3 Å². The number of nitrogens with zero attached hydrogens (tertiary/aromatic N) is 2. The van der Waals surface area contributed by atoms with Crippen molar-refractivity contribution >= 4 is 5.69 Å². The van der Waals surface area contributed by atoms with E-state index in [4.69, 9.17) is 4.74 Å². The molecule has 1 aliphatic rings. The summed E-state index contributed by atoms with van der Waals surface area (Å²) in [6, 6.07) is 8.97. The van der Waals surface area contributed by atoms with Gasteiger partial charge in [0.25, 0.3) is 0 Å². The zero-order chi connectivity index (χ0) is 15.1. The van der Waals surface area contributed by atoms with Gasteiger partial charge in [-0.15, -0.1) is 0 Å². The summed E-state index contributed by atoms with van der Waals surface area (Å²) in [5, 5.41) is 3.57. The molecular formula is C17H29N3O. The number of anilines is 1. The highest BCUT2D eigenvalue weighted by Gasteiger charge is 2.18. The minimum atomic E-state index is 0.581. The average molecular weight is 291 g/mol. The lowest BCUT2D eigenvalue weighted by molar-refractivity contribution is 0.234. The molecule has 1 N–H and O–H groups in total. The van der Waals surface area contributed by atoms with Gasteiger partial charge in [-0.05, 0) is 44.2 Å². The van der Waals surface area contributed by atoms with Gasteiger partial charge < -0.3 is 15.0 Å². The van der Waals surface area contributed by atoms with Gasteiger partial charge in [-0.2, -0.15) is 0 Å². The number of rotatable bonds is 7. The molecule has 0 radical (unpaired) electrons. The Balaban J connectivity index is 1.77. The summed E-state index contributed by atoms with van der Waals surface area (Å²) in [5.41, 5.74) is 1.30. The number of piperazine rings is 1. The van der Waals surface area contributed by atoms with Gasteiger partial charge >= 0.3 is 0 Å². The molecule has 4 nitrogen and oxygen atoms in total. The van der Waals surface area contributed by atoms with E-state index in [-0.39, 0.29) is 0 Å². The molecule has 0 amide bonds. The second-order valence-corrected chi connectivity index (χ2v) is 5.84. The number of ether oxygens (including phenoxy) is 1. The fraction of sp³-hybridized carbons (Fsp3) is 0.647. The molecule has 0 aromatic heterocycles. The number of methoxy groups -OCH3 is 1. The van der Waals surface area contributed by atoms with Crippen molar-refractivity contribution in [3.63, 3.8) is 0 Å². The topological polar surface area (TPSA) is 27.7 Å². The van der Waals surface area contributed by atoms with Crippen LogP contribution in [0.25, 0.3) is 0 Å². The smallest absolute Gasteiger partial charge is 0.119 e. The molecule has 2 rings (SSSR count). The van der Waals surface area contributed by atoms with Gasteiger partial charge in [0.15, 0.2) is 0 Å². The minimum Gasteiger partial charge on any atom is -0.497 e. The molecule has 0 spiro atoms. The van der Waals surface area contributed by atoms with Crippen molar-refractivity contribution < 1.29 is 4.74 Å². The van der Waals surface area contributed by atoms with Crippen LogP contribution >= 0.6 is 0 Å². The molecule has 1 aromatic rings. The fourth-order valence-corrected chi connectivity index (χ4v) is 2.82. The Hall–Kier alpha value is -1.26. The van der Waals surface area contributed by atoms with E-state index in [1.807, 2.05) is 12.1 Å². The highest BCUT2D eigenvalue weighted by atomic mass is 16.5. The van der Waals surface area contributed by atoms with Crippen molar-refractivity contribution in [3.05, 3.63) is 24.3 Å². The van der Waals surface area contributed by atoms with E-state index in [0.717, 1.165) is 45.0 Å². The van der Waals surface area contributed by atoms with E-state index in [2.05, 4.69) is 41.1 Å². The standard InChI is InChI=1S/C17H29N3O/c1-4-9-18-15(2)14-19-10-12-20(13-11-19)16-5-7-17(21-3)8-6-16/h5-8,15,18H,4,9-14H2,1-3H3. The molecule has 0 aliphatic carbocycles. The van der Waals surface area contributed by atoms with Crippen LogP contribution in [0, 0.1) is 0 Å². The molecule has 0 bridgehead atoms. The predicted octanol–water partition coefficient (Wildman–Crippen LogP) is 2.21. The molecule has 1 aromatic carbocycles. The lowest BCUT2D eigenvalue weighted by atomic mass is 10.2. The molecule has 1 heterocycles. The number of hydrogen-bond donors (Lipinski definition) is 1. The molecule has 1 fully saturated rings. The second-order valence-electron chi connectivity index (χ2n) is 5.84. The van der Waals surface area contributed by atoms with E-state index in [1.54, 1.807) is 7.11 Å². The van der Waals surface area contributed by atoms with Crippen LogP contribution in [0.5, 0.6) is 5.75 Å². The van der Waals surface area contributed by atoms with Gasteiger partial charge in [-0.3, -0.25) is 4.90 Å². The largest absolute Gasteiger partial charge is 0.497 e. The summed E-state index contributed by atoms with van der Waals surface area (Å²) >= 11 is 0. The first-order valence-electron chi connectivity index (χ1n) is 8.07. The molecule has 1 aliphatic heterocycles. The van der Waals surface area contributed by atoms with Crippen LogP contribution in [0.1, 0.15) is 20.3 Å². The first-order chi connectivity index (χ1) is 10.2. The number of hydrogen-bond acceptors (Lipinski definition) is 4. The third-order valence-corrected chi connectivity index (χ3v) is 4.08. The Morgan fingerprint density at radius 3 is 2.38 bits per heavy atom. The molecule has 21 heavy (non-hydrogen) atoms. The monoisotopic (exact) mass is 291 g/mol. The van der Waals surface area contributed by atoms with E-state index in [1.165, 1.54) is 12.1 Å². The molecule has 0 saturated carbocycles. The maximum atomic E-state index is 5.22. The Morgan fingerprint density at radius 2 is 1.81 bits per heavy atom. The predicted molar refractivity (Wildman–Crippen MR) is 89.4 cm³/mol. The fourth-order valence-electron chi connectivity index (χ4n) is 2.82. The highest BCUT2D eigenvalue weighted by molar-refractivity contribution is 5.49. The van der Waals surface area contributed by atoms with E-state index in [0.29, 0.717) is 6.04 Å². The van der Waals surface area contributed by atoms with Crippen molar-refractivity contribution in [2.24, 2.45) is 0 Å². The average Bonchev–Trinajstić information content (AvgIpc) is 2.54. The first-order valence-corrected chi connectivity index (χ1v) is 8.07. The van der Waals surface area contributed by atoms with E-state index >= 15 is 0 Å². The van der Waals surface area contributed by atoms with Gasteiger partial charge in [0.05, 0.1) is 7.11 Å². The van der Waals surface area contributed by atoms with Gasteiger partial charge in [-0.1, -0.05) is 6.92 Å². The van der Waals surface area contributed by atoms with Crippen LogP contribution in [0.15, 0.2) is 24.3 Å². The maximum Gasteiger partial charge on any atom is 0.119 e. The summed E-state index contributed by atoms with van der Waals surface area (Å²) in [4.78, 5) is 5.02. The van der Waals surface area contributed by atoms with Crippen LogP contribution in [-0.2, 0) is 0 Å². The van der Waals surface area contributed by atoms with Gasteiger partial charge in [-0.25, -0.2) is 0 Å². The van der Waals surface area contributed by atoms with Gasteiger partial charge in [0.1, 0.15) is 5.75 Å². The Morgan fingerprint density at radius 1 is 1.14 bits per heavy atom. The Bertz CT molecular complexity index is 399. The van der Waals surface area contributed by atoms with Crippen LogP contribution < -0.4 is 15.0 Å². The lowest BCUT2D eigenvalue weighted by Gasteiger charge is -2.37. The summed E-state index contributed by atoms with van der Waals surface area (Å²) in [7, 11) is 1.71. The first kappa shape index (κ1) is 16.1. The summed E-state index contributed by atoms with van der Waals surface area (Å²) in [5.74, 6) is 0.924. The van der Waals surface area contributed by atoms with Crippen LogP contribution in [0.2, 0.25) is 0 Å². The zero-order valence-electron chi connectivity index (χ0n) is 13.6. The summed E-state index contributed by atoms with van der Waals surface area (Å²) in [6.07, 6.45) is 1.20. The maximum absolute atomic E-state index is 5.22. The van der Waals surface area contributed by atoms with E-state index < -0.39 is 0 Å². The molecule has 118 valence electrons. The second kappa shape index (κ2) is 8.25. The molecule has 1 saturated heterocycles. The lowest BCUT2D eigenvalue weighted by Crippen LogP contribution is -2.50. The van der Waals surface area contributed by atoms with Gasteiger partial charge in [0.2, 0.25) is 0 Å². The third-order valence-electron chi connectivity index (χ3n) is 4.08. The number of benzene rings is 1. The third kappa shape index (κ3) is 4.90. The van der Waals surface area contributed by atoms with Crippen molar-refractivity contribution in [1.82, 2.24) is 10.2 Å². The molecule has 1 atom stereocenters. The molecule has 4 heteroatoms.